The number of anilines is 1. The van der Waals surface area contributed by atoms with E-state index in [1.807, 2.05) is 13.8 Å². The average molecular weight is 303 g/mol. The zero-order valence-corrected chi connectivity index (χ0v) is 14.3. The lowest BCUT2D eigenvalue weighted by Crippen LogP contribution is -2.38. The van der Waals surface area contributed by atoms with Gasteiger partial charge in [0.1, 0.15) is 0 Å². The minimum atomic E-state index is 0.0374. The second kappa shape index (κ2) is 7.63. The van der Waals surface area contributed by atoms with E-state index in [1.165, 1.54) is 24.1 Å². The van der Waals surface area contributed by atoms with Crippen molar-refractivity contribution in [2.24, 2.45) is 5.92 Å². The predicted octanol–water partition coefficient (Wildman–Crippen LogP) is 2.66. The summed E-state index contributed by atoms with van der Waals surface area (Å²) in [5, 5.41) is 3.10. The van der Waals surface area contributed by atoms with E-state index in [0.29, 0.717) is 6.54 Å². The van der Waals surface area contributed by atoms with E-state index in [1.54, 1.807) is 0 Å². The maximum absolute atomic E-state index is 11.9. The molecule has 122 valence electrons. The molecule has 1 amide bonds. The lowest BCUT2D eigenvalue weighted by Gasteiger charge is -2.29. The van der Waals surface area contributed by atoms with Gasteiger partial charge in [0.05, 0.1) is 6.04 Å². The molecule has 0 bridgehead atoms. The molecule has 0 radical (unpaired) electrons. The molecule has 0 saturated carbocycles. The van der Waals surface area contributed by atoms with E-state index in [2.05, 4.69) is 53.5 Å². The molecule has 1 saturated heterocycles. The molecule has 1 unspecified atom stereocenters. The van der Waals surface area contributed by atoms with Crippen LogP contribution >= 0.6 is 0 Å². The zero-order valence-electron chi connectivity index (χ0n) is 14.3. The first-order valence-electron chi connectivity index (χ1n) is 8.28. The maximum atomic E-state index is 11.9. The third-order valence-corrected chi connectivity index (χ3v) is 4.37. The number of carbonyl (C=O) groups excluding carboxylic acids is 1. The highest BCUT2D eigenvalue weighted by Gasteiger charge is 2.24. The van der Waals surface area contributed by atoms with Crippen LogP contribution in [0.1, 0.15) is 38.3 Å². The molecule has 1 N–H and O–H groups in total. The molecular weight excluding hydrogens is 274 g/mol. The van der Waals surface area contributed by atoms with Crippen molar-refractivity contribution >= 4 is 11.6 Å². The average Bonchev–Trinajstić information content (AvgIpc) is 3.01. The molecule has 4 nitrogen and oxygen atoms in total. The van der Waals surface area contributed by atoms with Crippen LogP contribution in [0, 0.1) is 5.92 Å². The van der Waals surface area contributed by atoms with Crippen molar-refractivity contribution in [3.05, 3.63) is 29.8 Å². The number of carbonyl (C=O) groups is 1. The number of benzene rings is 1. The van der Waals surface area contributed by atoms with Gasteiger partial charge in [0.15, 0.2) is 0 Å². The summed E-state index contributed by atoms with van der Waals surface area (Å²) in [7, 11) is 4.10. The number of nitrogens with one attached hydrogen (secondary N) is 1. The molecular formula is C18H29N3O. The summed E-state index contributed by atoms with van der Waals surface area (Å²) in [5.41, 5.74) is 2.49. The standard InChI is InChI=1S/C18H29N3O/c1-14(2)18(22)19-13-17(21-11-5-6-12-21)15-7-9-16(10-8-15)20(3)4/h7-10,14,17H,5-6,11-13H2,1-4H3,(H,19,22). The Labute approximate surface area is 134 Å². The van der Waals surface area contributed by atoms with Crippen molar-refractivity contribution in [2.45, 2.75) is 32.7 Å². The van der Waals surface area contributed by atoms with E-state index in [0.717, 1.165) is 13.1 Å². The normalized spacial score (nSPS) is 16.8. The van der Waals surface area contributed by atoms with Gasteiger partial charge in [-0.15, -0.1) is 0 Å². The molecule has 4 heteroatoms. The van der Waals surface area contributed by atoms with Crippen LogP contribution in [0.5, 0.6) is 0 Å². The number of hydrogen-bond acceptors (Lipinski definition) is 3. The number of rotatable bonds is 6. The Morgan fingerprint density at radius 2 is 1.77 bits per heavy atom. The summed E-state index contributed by atoms with van der Waals surface area (Å²) in [4.78, 5) is 16.5. The highest BCUT2D eigenvalue weighted by Crippen LogP contribution is 2.26. The van der Waals surface area contributed by atoms with Gasteiger partial charge in [0.2, 0.25) is 5.91 Å². The number of hydrogen-bond donors (Lipinski definition) is 1. The topological polar surface area (TPSA) is 35.6 Å². The molecule has 22 heavy (non-hydrogen) atoms. The van der Waals surface area contributed by atoms with Crippen LogP contribution in [0.3, 0.4) is 0 Å². The SMILES string of the molecule is CC(C)C(=O)NCC(c1ccc(N(C)C)cc1)N1CCCC1. The van der Waals surface area contributed by atoms with E-state index in [-0.39, 0.29) is 17.9 Å². The molecule has 1 aliphatic rings. The lowest BCUT2D eigenvalue weighted by molar-refractivity contribution is -0.124. The molecule has 1 aliphatic heterocycles. The first-order valence-corrected chi connectivity index (χ1v) is 8.28. The molecule has 1 aromatic carbocycles. The molecule has 0 spiro atoms. The van der Waals surface area contributed by atoms with Gasteiger partial charge in [0, 0.05) is 32.2 Å². The van der Waals surface area contributed by atoms with Crippen molar-refractivity contribution in [3.8, 4) is 0 Å². The van der Waals surface area contributed by atoms with E-state index in [4.69, 9.17) is 0 Å². The zero-order chi connectivity index (χ0) is 16.1. The molecule has 1 heterocycles. The highest BCUT2D eigenvalue weighted by atomic mass is 16.1. The van der Waals surface area contributed by atoms with Gasteiger partial charge in [-0.1, -0.05) is 26.0 Å². The van der Waals surface area contributed by atoms with Crippen LogP contribution in [0.2, 0.25) is 0 Å². The van der Waals surface area contributed by atoms with E-state index < -0.39 is 0 Å². The Balaban J connectivity index is 2.11. The summed E-state index contributed by atoms with van der Waals surface area (Å²) in [6.07, 6.45) is 2.51. The van der Waals surface area contributed by atoms with Crippen molar-refractivity contribution in [1.29, 1.82) is 0 Å². The van der Waals surface area contributed by atoms with Crippen LogP contribution in [-0.2, 0) is 4.79 Å². The van der Waals surface area contributed by atoms with Gasteiger partial charge in [-0.2, -0.15) is 0 Å². The molecule has 1 atom stereocenters. The lowest BCUT2D eigenvalue weighted by atomic mass is 10.0. The summed E-state index contributed by atoms with van der Waals surface area (Å²) in [5.74, 6) is 0.171. The molecule has 2 rings (SSSR count). The van der Waals surface area contributed by atoms with Crippen LogP contribution in [0.15, 0.2) is 24.3 Å². The van der Waals surface area contributed by atoms with Gasteiger partial charge in [0.25, 0.3) is 0 Å². The number of likely N-dealkylation sites (tertiary alicyclic amines) is 1. The van der Waals surface area contributed by atoms with Crippen LogP contribution in [0.25, 0.3) is 0 Å². The fourth-order valence-electron chi connectivity index (χ4n) is 2.91. The van der Waals surface area contributed by atoms with E-state index >= 15 is 0 Å². The Bertz CT molecular complexity index is 476. The Hall–Kier alpha value is -1.55. The van der Waals surface area contributed by atoms with Gasteiger partial charge in [-0.3, -0.25) is 9.69 Å². The maximum Gasteiger partial charge on any atom is 0.222 e. The fraction of sp³-hybridized carbons (Fsp3) is 0.611. The second-order valence-corrected chi connectivity index (χ2v) is 6.64. The molecule has 0 aliphatic carbocycles. The summed E-state index contributed by atoms with van der Waals surface area (Å²) >= 11 is 0. The smallest absolute Gasteiger partial charge is 0.222 e. The quantitative estimate of drug-likeness (QED) is 0.877. The van der Waals surface area contributed by atoms with Gasteiger partial charge in [-0.05, 0) is 43.6 Å². The third kappa shape index (κ3) is 4.23. The van der Waals surface area contributed by atoms with Crippen molar-refractivity contribution in [3.63, 3.8) is 0 Å². The summed E-state index contributed by atoms with van der Waals surface area (Å²) < 4.78 is 0. The number of nitrogens with zero attached hydrogens (tertiary/aromatic N) is 2. The van der Waals surface area contributed by atoms with Crippen LogP contribution < -0.4 is 10.2 Å². The monoisotopic (exact) mass is 303 g/mol. The highest BCUT2D eigenvalue weighted by molar-refractivity contribution is 5.77. The molecule has 1 fully saturated rings. The first-order chi connectivity index (χ1) is 10.5. The van der Waals surface area contributed by atoms with Crippen molar-refractivity contribution < 1.29 is 4.79 Å². The minimum Gasteiger partial charge on any atom is -0.378 e. The van der Waals surface area contributed by atoms with Gasteiger partial charge < -0.3 is 10.2 Å². The van der Waals surface area contributed by atoms with E-state index in [9.17, 15) is 4.79 Å². The van der Waals surface area contributed by atoms with Crippen LogP contribution in [0.4, 0.5) is 5.69 Å². The largest absolute Gasteiger partial charge is 0.378 e. The van der Waals surface area contributed by atoms with Gasteiger partial charge in [-0.25, -0.2) is 0 Å². The second-order valence-electron chi connectivity index (χ2n) is 6.64. The van der Waals surface area contributed by atoms with Gasteiger partial charge >= 0.3 is 0 Å². The van der Waals surface area contributed by atoms with Crippen LogP contribution in [-0.4, -0.2) is 44.5 Å². The Morgan fingerprint density at radius 1 is 1.18 bits per heavy atom. The summed E-state index contributed by atoms with van der Waals surface area (Å²) in [6.45, 7) is 6.81. The van der Waals surface area contributed by atoms with Crippen molar-refractivity contribution in [2.75, 3.05) is 38.6 Å². The first kappa shape index (κ1) is 16.8. The molecule has 1 aromatic rings. The molecule has 0 aromatic heterocycles. The fourth-order valence-corrected chi connectivity index (χ4v) is 2.91. The Morgan fingerprint density at radius 3 is 2.27 bits per heavy atom. The summed E-state index contributed by atoms with van der Waals surface area (Å²) in [6, 6.07) is 8.98. The predicted molar refractivity (Wildman–Crippen MR) is 92.2 cm³/mol. The minimum absolute atomic E-state index is 0.0374. The number of amides is 1. The third-order valence-electron chi connectivity index (χ3n) is 4.37. The van der Waals surface area contributed by atoms with Crippen molar-refractivity contribution in [1.82, 2.24) is 10.2 Å². The Kier molecular flexibility index (Phi) is 5.83.